The van der Waals surface area contributed by atoms with E-state index < -0.39 is 6.10 Å². The number of rotatable bonds is 4. The summed E-state index contributed by atoms with van der Waals surface area (Å²) < 4.78 is 10.4. The van der Waals surface area contributed by atoms with Gasteiger partial charge in [0, 0.05) is 18.1 Å². The number of halogens is 1. The first-order valence-electron chi connectivity index (χ1n) is 7.30. The van der Waals surface area contributed by atoms with Crippen molar-refractivity contribution in [3.8, 4) is 5.75 Å². The number of hydrogen-bond donors (Lipinski definition) is 0. The number of carbonyl (C=O) groups excluding carboxylic acids is 2. The predicted octanol–water partition coefficient (Wildman–Crippen LogP) is 2.52. The molecule has 22 heavy (non-hydrogen) atoms. The summed E-state index contributed by atoms with van der Waals surface area (Å²) >= 11 is 5.82. The summed E-state index contributed by atoms with van der Waals surface area (Å²) in [5, 5.41) is 0.621. The first kappa shape index (κ1) is 16.6. The van der Waals surface area contributed by atoms with Gasteiger partial charge < -0.3 is 14.4 Å². The van der Waals surface area contributed by atoms with Crippen molar-refractivity contribution in [2.24, 2.45) is 5.92 Å². The van der Waals surface area contributed by atoms with Crippen molar-refractivity contribution >= 4 is 23.5 Å². The summed E-state index contributed by atoms with van der Waals surface area (Å²) in [5.41, 5.74) is 0. The van der Waals surface area contributed by atoms with Crippen LogP contribution in [0.25, 0.3) is 0 Å². The van der Waals surface area contributed by atoms with E-state index >= 15 is 0 Å². The van der Waals surface area contributed by atoms with E-state index in [2.05, 4.69) is 0 Å². The van der Waals surface area contributed by atoms with Crippen LogP contribution in [0.1, 0.15) is 19.8 Å². The van der Waals surface area contributed by atoms with Gasteiger partial charge in [-0.25, -0.2) is 0 Å². The third-order valence-electron chi connectivity index (χ3n) is 3.82. The normalized spacial score (nSPS) is 17.0. The molecular formula is C16H20ClNO4. The number of benzene rings is 1. The van der Waals surface area contributed by atoms with E-state index in [4.69, 9.17) is 21.1 Å². The third kappa shape index (κ3) is 4.13. The Morgan fingerprint density at radius 3 is 2.36 bits per heavy atom. The molecule has 0 bridgehead atoms. The van der Waals surface area contributed by atoms with Crippen molar-refractivity contribution in [2.45, 2.75) is 25.9 Å². The summed E-state index contributed by atoms with van der Waals surface area (Å²) in [6.45, 7) is 2.82. The van der Waals surface area contributed by atoms with Crippen LogP contribution in [0.15, 0.2) is 24.3 Å². The molecule has 0 aromatic heterocycles. The van der Waals surface area contributed by atoms with Crippen LogP contribution in [-0.4, -0.2) is 43.1 Å². The maximum atomic E-state index is 12.4. The molecule has 1 aromatic rings. The lowest BCUT2D eigenvalue weighted by Gasteiger charge is -2.32. The van der Waals surface area contributed by atoms with Crippen LogP contribution >= 0.6 is 11.6 Å². The molecule has 0 N–H and O–H groups in total. The molecule has 1 aromatic carbocycles. The third-order valence-corrected chi connectivity index (χ3v) is 4.07. The fourth-order valence-corrected chi connectivity index (χ4v) is 2.65. The Morgan fingerprint density at radius 2 is 1.82 bits per heavy atom. The van der Waals surface area contributed by atoms with Crippen molar-refractivity contribution < 1.29 is 19.1 Å². The van der Waals surface area contributed by atoms with Crippen molar-refractivity contribution in [3.63, 3.8) is 0 Å². The van der Waals surface area contributed by atoms with Gasteiger partial charge in [-0.15, -0.1) is 0 Å². The highest BCUT2D eigenvalue weighted by atomic mass is 35.5. The molecule has 6 heteroatoms. The van der Waals surface area contributed by atoms with E-state index in [-0.39, 0.29) is 17.8 Å². The lowest BCUT2D eigenvalue weighted by molar-refractivity contribution is -0.150. The molecule has 1 amide bonds. The van der Waals surface area contributed by atoms with Crippen molar-refractivity contribution in [2.75, 3.05) is 20.2 Å². The Kier molecular flexibility index (Phi) is 5.66. The molecule has 0 unspecified atom stereocenters. The number of carbonyl (C=O) groups is 2. The van der Waals surface area contributed by atoms with Gasteiger partial charge in [0.25, 0.3) is 5.91 Å². The van der Waals surface area contributed by atoms with Gasteiger partial charge in [-0.2, -0.15) is 0 Å². The van der Waals surface area contributed by atoms with E-state index in [1.54, 1.807) is 36.1 Å². The van der Waals surface area contributed by atoms with E-state index in [1.165, 1.54) is 7.11 Å². The lowest BCUT2D eigenvalue weighted by Crippen LogP contribution is -2.45. The average molecular weight is 326 g/mol. The molecule has 1 atom stereocenters. The lowest BCUT2D eigenvalue weighted by atomic mass is 9.97. The van der Waals surface area contributed by atoms with Crippen molar-refractivity contribution in [3.05, 3.63) is 29.3 Å². The average Bonchev–Trinajstić information content (AvgIpc) is 2.55. The molecule has 0 aliphatic carbocycles. The molecule has 1 aliphatic rings. The van der Waals surface area contributed by atoms with Gasteiger partial charge in [-0.3, -0.25) is 9.59 Å². The van der Waals surface area contributed by atoms with Crippen LogP contribution < -0.4 is 4.74 Å². The van der Waals surface area contributed by atoms with Gasteiger partial charge in [0.15, 0.2) is 6.10 Å². The Morgan fingerprint density at radius 1 is 1.23 bits per heavy atom. The second kappa shape index (κ2) is 7.49. The Bertz CT molecular complexity index is 523. The first-order chi connectivity index (χ1) is 10.5. The number of methoxy groups -OCH3 is 1. The molecule has 0 saturated carbocycles. The minimum atomic E-state index is -0.573. The van der Waals surface area contributed by atoms with Gasteiger partial charge in [0.1, 0.15) is 5.75 Å². The maximum absolute atomic E-state index is 12.4. The molecule has 1 aliphatic heterocycles. The van der Waals surface area contributed by atoms with Crippen LogP contribution in [0.4, 0.5) is 0 Å². The molecule has 0 radical (unpaired) electrons. The fraction of sp³-hybridized carbons (Fsp3) is 0.500. The zero-order chi connectivity index (χ0) is 16.1. The number of piperidine rings is 1. The highest BCUT2D eigenvalue weighted by Crippen LogP contribution is 2.21. The number of esters is 1. The summed E-state index contributed by atoms with van der Waals surface area (Å²) in [6, 6.07) is 6.90. The minimum Gasteiger partial charge on any atom is -0.481 e. The quantitative estimate of drug-likeness (QED) is 0.798. The SMILES string of the molecule is COC(=O)C1CCN(C(=O)[C@H](C)Oc2ccc(Cl)cc2)CC1. The summed E-state index contributed by atoms with van der Waals surface area (Å²) in [4.78, 5) is 25.6. The molecule has 5 nitrogen and oxygen atoms in total. The van der Waals surface area contributed by atoms with Gasteiger partial charge in [0.05, 0.1) is 13.0 Å². The van der Waals surface area contributed by atoms with Crippen LogP contribution in [0.3, 0.4) is 0 Å². The zero-order valence-electron chi connectivity index (χ0n) is 12.8. The van der Waals surface area contributed by atoms with E-state index in [1.807, 2.05) is 0 Å². The number of nitrogens with zero attached hydrogens (tertiary/aromatic N) is 1. The predicted molar refractivity (Wildman–Crippen MR) is 82.9 cm³/mol. The second-order valence-corrected chi connectivity index (χ2v) is 5.77. The topological polar surface area (TPSA) is 55.8 Å². The van der Waals surface area contributed by atoms with Crippen LogP contribution in [0.5, 0.6) is 5.75 Å². The van der Waals surface area contributed by atoms with E-state index in [0.717, 1.165) is 0 Å². The zero-order valence-corrected chi connectivity index (χ0v) is 13.5. The Labute approximate surface area is 135 Å². The monoisotopic (exact) mass is 325 g/mol. The Hall–Kier alpha value is -1.75. The van der Waals surface area contributed by atoms with Gasteiger partial charge >= 0.3 is 5.97 Å². The highest BCUT2D eigenvalue weighted by molar-refractivity contribution is 6.30. The van der Waals surface area contributed by atoms with E-state index in [0.29, 0.717) is 36.7 Å². The standard InChI is InChI=1S/C16H20ClNO4/c1-11(22-14-5-3-13(17)4-6-14)15(19)18-9-7-12(8-10-18)16(20)21-2/h3-6,11-12H,7-10H2,1-2H3/t11-/m0/s1. The van der Waals surface area contributed by atoms with Crippen LogP contribution in [-0.2, 0) is 14.3 Å². The fourth-order valence-electron chi connectivity index (χ4n) is 2.53. The molecule has 2 rings (SSSR count). The summed E-state index contributed by atoms with van der Waals surface area (Å²) in [6.07, 6.45) is 0.689. The van der Waals surface area contributed by atoms with Gasteiger partial charge in [0.2, 0.25) is 0 Å². The van der Waals surface area contributed by atoms with Crippen LogP contribution in [0.2, 0.25) is 5.02 Å². The molecule has 0 spiro atoms. The molecule has 120 valence electrons. The minimum absolute atomic E-state index is 0.0711. The largest absolute Gasteiger partial charge is 0.481 e. The van der Waals surface area contributed by atoms with Gasteiger partial charge in [-0.05, 0) is 44.0 Å². The maximum Gasteiger partial charge on any atom is 0.308 e. The highest BCUT2D eigenvalue weighted by Gasteiger charge is 2.30. The Balaban J connectivity index is 1.86. The summed E-state index contributed by atoms with van der Waals surface area (Å²) in [7, 11) is 1.39. The molecule has 1 fully saturated rings. The number of likely N-dealkylation sites (tertiary alicyclic amines) is 1. The van der Waals surface area contributed by atoms with E-state index in [9.17, 15) is 9.59 Å². The van der Waals surface area contributed by atoms with Crippen molar-refractivity contribution in [1.82, 2.24) is 4.90 Å². The molecule has 1 saturated heterocycles. The van der Waals surface area contributed by atoms with Crippen LogP contribution in [0, 0.1) is 5.92 Å². The summed E-state index contributed by atoms with van der Waals surface area (Å²) in [5.74, 6) is 0.229. The number of amides is 1. The number of hydrogen-bond acceptors (Lipinski definition) is 4. The first-order valence-corrected chi connectivity index (χ1v) is 7.68. The number of ether oxygens (including phenoxy) is 2. The molecular weight excluding hydrogens is 306 g/mol. The van der Waals surface area contributed by atoms with Gasteiger partial charge in [-0.1, -0.05) is 11.6 Å². The molecule has 1 heterocycles. The smallest absolute Gasteiger partial charge is 0.308 e. The second-order valence-electron chi connectivity index (χ2n) is 5.34. The van der Waals surface area contributed by atoms with Crippen molar-refractivity contribution in [1.29, 1.82) is 0 Å².